The number of anilines is 1. The Kier molecular flexibility index (Phi) is 6.29. The molecule has 1 heterocycles. The number of nitrogens with zero attached hydrogens (tertiary/aromatic N) is 2. The lowest BCUT2D eigenvalue weighted by atomic mass is 10.1. The zero-order chi connectivity index (χ0) is 19.2. The molecule has 1 atom stereocenters. The Hall–Kier alpha value is -2.60. The van der Waals surface area contributed by atoms with Crippen molar-refractivity contribution in [1.29, 1.82) is 0 Å². The number of carbonyl (C=O) groups is 1. The van der Waals surface area contributed by atoms with Crippen LogP contribution in [0, 0.1) is 13.8 Å². The van der Waals surface area contributed by atoms with Gasteiger partial charge in [0.2, 0.25) is 11.1 Å². The van der Waals surface area contributed by atoms with E-state index >= 15 is 0 Å². The van der Waals surface area contributed by atoms with Crippen molar-refractivity contribution in [2.75, 3.05) is 5.32 Å². The smallest absolute Gasteiger partial charge is 0.242 e. The standard InChI is InChI=1S/C21H24N4OS/c1-4-8-18-23-21(25-24-18)27-19(16-9-6-5-7-10-16)20(26)22-17-13-14(2)11-12-15(17)3/h5-7,9-13,19H,4,8H2,1-3H3,(H,22,26)(H,23,24,25). The number of H-pyrrole nitrogens is 1. The van der Waals surface area contributed by atoms with Gasteiger partial charge in [-0.05, 0) is 43.0 Å². The Labute approximate surface area is 164 Å². The average molecular weight is 381 g/mol. The second kappa shape index (κ2) is 8.86. The number of hydrogen-bond acceptors (Lipinski definition) is 4. The Morgan fingerprint density at radius 3 is 2.70 bits per heavy atom. The molecule has 0 saturated carbocycles. The Morgan fingerprint density at radius 1 is 1.19 bits per heavy atom. The number of amides is 1. The number of benzene rings is 2. The van der Waals surface area contributed by atoms with Gasteiger partial charge in [-0.1, -0.05) is 61.2 Å². The van der Waals surface area contributed by atoms with Crippen molar-refractivity contribution < 1.29 is 4.79 Å². The fraction of sp³-hybridized carbons (Fsp3) is 0.286. The fourth-order valence-corrected chi connectivity index (χ4v) is 3.69. The van der Waals surface area contributed by atoms with Crippen LogP contribution in [0.5, 0.6) is 0 Å². The minimum Gasteiger partial charge on any atom is -0.325 e. The van der Waals surface area contributed by atoms with E-state index in [4.69, 9.17) is 0 Å². The number of hydrogen-bond donors (Lipinski definition) is 2. The molecule has 0 saturated heterocycles. The molecule has 1 amide bonds. The van der Waals surface area contributed by atoms with Crippen molar-refractivity contribution in [2.45, 2.75) is 44.0 Å². The zero-order valence-electron chi connectivity index (χ0n) is 15.8. The summed E-state index contributed by atoms with van der Waals surface area (Å²) in [4.78, 5) is 17.6. The van der Waals surface area contributed by atoms with Crippen LogP contribution in [0.4, 0.5) is 5.69 Å². The molecule has 3 rings (SSSR count). The van der Waals surface area contributed by atoms with Crippen molar-refractivity contribution in [3.05, 3.63) is 71.0 Å². The van der Waals surface area contributed by atoms with Crippen LogP contribution in [0.1, 0.15) is 41.1 Å². The topological polar surface area (TPSA) is 70.7 Å². The summed E-state index contributed by atoms with van der Waals surface area (Å²) in [5.41, 5.74) is 3.90. The molecule has 1 unspecified atom stereocenters. The third kappa shape index (κ3) is 4.98. The van der Waals surface area contributed by atoms with Gasteiger partial charge in [0.25, 0.3) is 0 Å². The number of carbonyl (C=O) groups excluding carboxylic acids is 1. The zero-order valence-corrected chi connectivity index (χ0v) is 16.6. The van der Waals surface area contributed by atoms with Crippen molar-refractivity contribution in [3.63, 3.8) is 0 Å². The second-order valence-electron chi connectivity index (χ2n) is 6.53. The molecule has 27 heavy (non-hydrogen) atoms. The van der Waals surface area contributed by atoms with Gasteiger partial charge in [-0.25, -0.2) is 4.98 Å². The van der Waals surface area contributed by atoms with Gasteiger partial charge in [0.05, 0.1) is 0 Å². The summed E-state index contributed by atoms with van der Waals surface area (Å²) in [7, 11) is 0. The normalized spacial score (nSPS) is 12.0. The predicted octanol–water partition coefficient (Wildman–Crippen LogP) is 4.85. The van der Waals surface area contributed by atoms with E-state index in [1.54, 1.807) is 0 Å². The number of aryl methyl sites for hydroxylation is 3. The molecule has 0 spiro atoms. The first kappa shape index (κ1) is 19.2. The lowest BCUT2D eigenvalue weighted by molar-refractivity contribution is -0.115. The van der Waals surface area contributed by atoms with Gasteiger partial charge < -0.3 is 5.32 Å². The summed E-state index contributed by atoms with van der Waals surface area (Å²) < 4.78 is 0. The predicted molar refractivity (Wildman–Crippen MR) is 110 cm³/mol. The average Bonchev–Trinajstić information content (AvgIpc) is 3.11. The highest BCUT2D eigenvalue weighted by molar-refractivity contribution is 8.00. The molecule has 0 aliphatic carbocycles. The van der Waals surface area contributed by atoms with Gasteiger partial charge in [-0.3, -0.25) is 9.89 Å². The molecule has 5 nitrogen and oxygen atoms in total. The van der Waals surface area contributed by atoms with E-state index in [9.17, 15) is 4.79 Å². The van der Waals surface area contributed by atoms with Crippen LogP contribution in [0.3, 0.4) is 0 Å². The van der Waals surface area contributed by atoms with Gasteiger partial charge in [0, 0.05) is 12.1 Å². The highest BCUT2D eigenvalue weighted by Crippen LogP contribution is 2.34. The van der Waals surface area contributed by atoms with Crippen LogP contribution in [0.15, 0.2) is 53.7 Å². The number of rotatable bonds is 7. The molecule has 3 aromatic rings. The fourth-order valence-electron chi connectivity index (χ4n) is 2.75. The number of nitrogens with one attached hydrogen (secondary N) is 2. The van der Waals surface area contributed by atoms with Gasteiger partial charge in [0.1, 0.15) is 11.1 Å². The maximum atomic E-state index is 13.1. The first-order valence-electron chi connectivity index (χ1n) is 9.08. The first-order chi connectivity index (χ1) is 13.1. The van der Waals surface area contributed by atoms with Crippen molar-refractivity contribution in [2.24, 2.45) is 0 Å². The van der Waals surface area contributed by atoms with E-state index in [2.05, 4.69) is 27.4 Å². The summed E-state index contributed by atoms with van der Waals surface area (Å²) in [5.74, 6) is 0.767. The largest absolute Gasteiger partial charge is 0.325 e. The van der Waals surface area contributed by atoms with Gasteiger partial charge in [-0.2, -0.15) is 0 Å². The molecule has 2 aromatic carbocycles. The first-order valence-corrected chi connectivity index (χ1v) is 9.95. The van der Waals surface area contributed by atoms with E-state index < -0.39 is 5.25 Å². The van der Waals surface area contributed by atoms with Crippen LogP contribution < -0.4 is 5.32 Å². The molecular formula is C21H24N4OS. The van der Waals surface area contributed by atoms with Crippen molar-refractivity contribution in [3.8, 4) is 0 Å². The molecule has 0 bridgehead atoms. The Morgan fingerprint density at radius 2 is 1.96 bits per heavy atom. The maximum absolute atomic E-state index is 13.1. The maximum Gasteiger partial charge on any atom is 0.242 e. The highest BCUT2D eigenvalue weighted by atomic mass is 32.2. The molecule has 0 aliphatic rings. The highest BCUT2D eigenvalue weighted by Gasteiger charge is 2.24. The molecule has 2 N–H and O–H groups in total. The molecule has 6 heteroatoms. The Bertz CT molecular complexity index is 908. The summed E-state index contributed by atoms with van der Waals surface area (Å²) in [6.07, 6.45) is 1.84. The van der Waals surface area contributed by atoms with E-state index in [-0.39, 0.29) is 5.91 Å². The number of aromatic nitrogens is 3. The molecule has 0 radical (unpaired) electrons. The van der Waals surface area contributed by atoms with Gasteiger partial charge in [0.15, 0.2) is 0 Å². The van der Waals surface area contributed by atoms with Crippen LogP contribution >= 0.6 is 11.8 Å². The van der Waals surface area contributed by atoms with E-state index in [1.807, 2.05) is 62.4 Å². The lowest BCUT2D eigenvalue weighted by Crippen LogP contribution is -2.19. The van der Waals surface area contributed by atoms with E-state index in [1.165, 1.54) is 11.8 Å². The second-order valence-corrected chi connectivity index (χ2v) is 7.60. The molecule has 0 fully saturated rings. The van der Waals surface area contributed by atoms with E-state index in [0.717, 1.165) is 41.0 Å². The summed E-state index contributed by atoms with van der Waals surface area (Å²) in [6, 6.07) is 15.8. The van der Waals surface area contributed by atoms with Crippen LogP contribution in [0.25, 0.3) is 0 Å². The van der Waals surface area contributed by atoms with Crippen LogP contribution in [-0.2, 0) is 11.2 Å². The summed E-state index contributed by atoms with van der Waals surface area (Å²) in [5, 5.41) is 10.5. The third-order valence-electron chi connectivity index (χ3n) is 4.21. The summed E-state index contributed by atoms with van der Waals surface area (Å²) >= 11 is 1.36. The van der Waals surface area contributed by atoms with E-state index in [0.29, 0.717) is 5.16 Å². The summed E-state index contributed by atoms with van der Waals surface area (Å²) in [6.45, 7) is 6.10. The third-order valence-corrected chi connectivity index (χ3v) is 5.33. The molecule has 0 aliphatic heterocycles. The molecular weight excluding hydrogens is 356 g/mol. The quantitative estimate of drug-likeness (QED) is 0.575. The SMILES string of the molecule is CCCc1nc(SC(C(=O)Nc2cc(C)ccc2C)c2ccccc2)n[nH]1. The monoisotopic (exact) mass is 380 g/mol. The lowest BCUT2D eigenvalue weighted by Gasteiger charge is -2.17. The number of aromatic amines is 1. The minimum absolute atomic E-state index is 0.0817. The minimum atomic E-state index is -0.434. The van der Waals surface area contributed by atoms with Gasteiger partial charge in [-0.15, -0.1) is 5.10 Å². The molecule has 140 valence electrons. The van der Waals surface area contributed by atoms with Crippen LogP contribution in [-0.4, -0.2) is 21.1 Å². The van der Waals surface area contributed by atoms with Crippen molar-refractivity contribution in [1.82, 2.24) is 15.2 Å². The van der Waals surface area contributed by atoms with Gasteiger partial charge >= 0.3 is 0 Å². The van der Waals surface area contributed by atoms with Crippen molar-refractivity contribution >= 4 is 23.4 Å². The Balaban J connectivity index is 1.85. The number of thioether (sulfide) groups is 1. The van der Waals surface area contributed by atoms with Crippen LogP contribution in [0.2, 0.25) is 0 Å². The molecule has 1 aromatic heterocycles.